The fourth-order valence-corrected chi connectivity index (χ4v) is 4.20. The molecule has 0 aromatic heterocycles. The number of benzene rings is 2. The lowest BCUT2D eigenvalue weighted by atomic mass is 10.1. The molecule has 1 aliphatic heterocycles. The van der Waals surface area contributed by atoms with Crippen molar-refractivity contribution >= 4 is 45.2 Å². The minimum absolute atomic E-state index is 0.128. The molecule has 0 unspecified atom stereocenters. The highest BCUT2D eigenvalue weighted by molar-refractivity contribution is 9.10. The summed E-state index contributed by atoms with van der Waals surface area (Å²) in [4.78, 5) is 14.9. The fraction of sp³-hybridized carbons (Fsp3) is 0.278. The zero-order valence-corrected chi connectivity index (χ0v) is 16.6. The van der Waals surface area contributed by atoms with E-state index < -0.39 is 23.4 Å². The first kappa shape index (κ1) is 19.1. The van der Waals surface area contributed by atoms with E-state index in [-0.39, 0.29) is 10.2 Å². The van der Waals surface area contributed by atoms with Gasteiger partial charge in [0.2, 0.25) is 0 Å². The second-order valence-electron chi connectivity index (χ2n) is 6.65. The van der Waals surface area contributed by atoms with Gasteiger partial charge in [0.15, 0.2) is 0 Å². The van der Waals surface area contributed by atoms with Gasteiger partial charge < -0.3 is 4.74 Å². The molecular weight excluding hydrogens is 431 g/mol. The minimum atomic E-state index is -4.64. The van der Waals surface area contributed by atoms with Crippen molar-refractivity contribution in [1.82, 2.24) is 0 Å². The predicted octanol–water partition coefficient (Wildman–Crippen LogP) is 7.01. The number of ether oxygens (including phenoxy) is 1. The molecule has 0 aliphatic carbocycles. The lowest BCUT2D eigenvalue weighted by molar-refractivity contribution is -0.137. The van der Waals surface area contributed by atoms with Crippen LogP contribution in [0.1, 0.15) is 26.3 Å². The topological polar surface area (TPSA) is 29.5 Å². The smallest absolute Gasteiger partial charge is 0.419 e. The van der Waals surface area contributed by atoms with Crippen LogP contribution in [0.15, 0.2) is 50.7 Å². The Labute approximate surface area is 161 Å². The monoisotopic (exact) mass is 445 g/mol. The maximum atomic E-state index is 13.8. The third-order valence-corrected chi connectivity index (χ3v) is 5.27. The molecule has 0 radical (unpaired) electrons. The van der Waals surface area contributed by atoms with Crippen molar-refractivity contribution in [3.05, 3.63) is 46.4 Å². The number of nitrogens with zero attached hydrogens (tertiary/aromatic N) is 1. The summed E-state index contributed by atoms with van der Waals surface area (Å²) in [7, 11) is 0. The second-order valence-corrected chi connectivity index (χ2v) is 8.59. The highest BCUT2D eigenvalue weighted by atomic mass is 79.9. The number of amides is 1. The van der Waals surface area contributed by atoms with Crippen LogP contribution >= 0.6 is 27.7 Å². The van der Waals surface area contributed by atoms with Crippen LogP contribution in [-0.4, -0.2) is 11.7 Å². The van der Waals surface area contributed by atoms with Gasteiger partial charge in [0, 0.05) is 14.3 Å². The number of alkyl halides is 3. The lowest BCUT2D eigenvalue weighted by Crippen LogP contribution is -2.36. The van der Waals surface area contributed by atoms with E-state index in [2.05, 4.69) is 15.9 Å². The van der Waals surface area contributed by atoms with Crippen molar-refractivity contribution in [2.75, 3.05) is 4.90 Å². The highest BCUT2D eigenvalue weighted by Crippen LogP contribution is 2.54. The lowest BCUT2D eigenvalue weighted by Gasteiger charge is -2.34. The van der Waals surface area contributed by atoms with Gasteiger partial charge in [-0.05, 0) is 45.0 Å². The van der Waals surface area contributed by atoms with Gasteiger partial charge in [0.1, 0.15) is 5.60 Å². The number of hydrogen-bond donors (Lipinski definition) is 0. The van der Waals surface area contributed by atoms with Crippen LogP contribution in [0.3, 0.4) is 0 Å². The van der Waals surface area contributed by atoms with Crippen LogP contribution in [-0.2, 0) is 10.9 Å². The summed E-state index contributed by atoms with van der Waals surface area (Å²) in [6, 6.07) is 9.72. The molecule has 0 saturated carbocycles. The summed E-state index contributed by atoms with van der Waals surface area (Å²) in [6.07, 6.45) is -5.49. The SMILES string of the molecule is CC(C)(C)OC(=O)N1c2ccccc2Sc2ccc(Br)c(C(F)(F)F)c21. The average molecular weight is 446 g/mol. The number of halogens is 4. The average Bonchev–Trinajstić information content (AvgIpc) is 2.49. The largest absolute Gasteiger partial charge is 0.443 e. The van der Waals surface area contributed by atoms with E-state index in [0.29, 0.717) is 15.5 Å². The van der Waals surface area contributed by atoms with Crippen LogP contribution in [0.4, 0.5) is 29.3 Å². The van der Waals surface area contributed by atoms with E-state index >= 15 is 0 Å². The van der Waals surface area contributed by atoms with Crippen LogP contribution < -0.4 is 4.90 Å². The second kappa shape index (κ2) is 6.49. The summed E-state index contributed by atoms with van der Waals surface area (Å²) in [5.41, 5.74) is -1.60. The summed E-state index contributed by atoms with van der Waals surface area (Å²) >= 11 is 4.17. The zero-order valence-electron chi connectivity index (χ0n) is 14.1. The number of carbonyl (C=O) groups is 1. The molecule has 0 spiro atoms. The van der Waals surface area contributed by atoms with Crippen molar-refractivity contribution in [3.63, 3.8) is 0 Å². The molecule has 2 aromatic rings. The highest BCUT2D eigenvalue weighted by Gasteiger charge is 2.43. The van der Waals surface area contributed by atoms with Crippen LogP contribution in [0.2, 0.25) is 0 Å². The standard InChI is InChI=1S/C18H15BrF3NO2S/c1-17(2,3)25-16(24)23-11-6-4-5-7-12(11)26-13-9-8-10(19)14(15(13)23)18(20,21)22/h4-9H,1-3H3. The maximum absolute atomic E-state index is 13.8. The summed E-state index contributed by atoms with van der Waals surface area (Å²) in [6.45, 7) is 5.01. The van der Waals surface area contributed by atoms with Gasteiger partial charge >= 0.3 is 12.3 Å². The number of carbonyl (C=O) groups excluding carboxylic acids is 1. The molecule has 0 saturated heterocycles. The van der Waals surface area contributed by atoms with Crippen molar-refractivity contribution in [3.8, 4) is 0 Å². The Hall–Kier alpha value is -1.67. The molecule has 0 atom stereocenters. The third-order valence-electron chi connectivity index (χ3n) is 3.50. The molecule has 0 bridgehead atoms. The van der Waals surface area contributed by atoms with Gasteiger partial charge in [0.05, 0.1) is 16.9 Å². The van der Waals surface area contributed by atoms with Crippen LogP contribution in [0.5, 0.6) is 0 Å². The molecule has 1 heterocycles. The number of fused-ring (bicyclic) bond motifs is 2. The normalized spacial score (nSPS) is 13.9. The molecule has 0 N–H and O–H groups in total. The van der Waals surface area contributed by atoms with Crippen molar-refractivity contribution in [2.24, 2.45) is 0 Å². The molecule has 2 aromatic carbocycles. The Morgan fingerprint density at radius 3 is 2.35 bits per heavy atom. The van der Waals surface area contributed by atoms with E-state index in [1.807, 2.05) is 0 Å². The molecule has 0 fully saturated rings. The molecule has 138 valence electrons. The fourth-order valence-electron chi connectivity index (χ4n) is 2.59. The predicted molar refractivity (Wildman–Crippen MR) is 98.1 cm³/mol. The third kappa shape index (κ3) is 3.57. The Morgan fingerprint density at radius 2 is 1.73 bits per heavy atom. The van der Waals surface area contributed by atoms with E-state index in [4.69, 9.17) is 4.74 Å². The Bertz CT molecular complexity index is 878. The van der Waals surface area contributed by atoms with E-state index in [1.54, 1.807) is 51.1 Å². The summed E-state index contributed by atoms with van der Waals surface area (Å²) < 4.78 is 46.6. The number of hydrogen-bond acceptors (Lipinski definition) is 3. The number of para-hydroxylation sites is 1. The summed E-state index contributed by atoms with van der Waals surface area (Å²) in [5, 5.41) is 0. The van der Waals surface area contributed by atoms with Crippen molar-refractivity contribution in [1.29, 1.82) is 0 Å². The zero-order chi connectivity index (χ0) is 19.3. The molecular formula is C18H15BrF3NO2S. The van der Waals surface area contributed by atoms with Crippen LogP contribution in [0, 0.1) is 0 Å². The first-order valence-electron chi connectivity index (χ1n) is 7.69. The molecule has 3 nitrogen and oxygen atoms in total. The first-order valence-corrected chi connectivity index (χ1v) is 9.29. The van der Waals surface area contributed by atoms with E-state index in [1.165, 1.54) is 17.8 Å². The van der Waals surface area contributed by atoms with E-state index in [0.717, 1.165) is 4.90 Å². The molecule has 1 amide bonds. The molecule has 26 heavy (non-hydrogen) atoms. The first-order chi connectivity index (χ1) is 12.0. The van der Waals surface area contributed by atoms with Gasteiger partial charge in [-0.15, -0.1) is 0 Å². The quantitative estimate of drug-likeness (QED) is 0.436. The number of rotatable bonds is 0. The van der Waals surface area contributed by atoms with Crippen molar-refractivity contribution in [2.45, 2.75) is 42.3 Å². The number of anilines is 2. The van der Waals surface area contributed by atoms with Gasteiger partial charge in [-0.2, -0.15) is 13.2 Å². The van der Waals surface area contributed by atoms with Crippen molar-refractivity contribution < 1.29 is 22.7 Å². The van der Waals surface area contributed by atoms with Gasteiger partial charge in [-0.25, -0.2) is 9.69 Å². The minimum Gasteiger partial charge on any atom is -0.443 e. The molecule has 1 aliphatic rings. The summed E-state index contributed by atoms with van der Waals surface area (Å²) in [5.74, 6) is 0. The van der Waals surface area contributed by atoms with E-state index in [9.17, 15) is 18.0 Å². The molecule has 3 rings (SSSR count). The van der Waals surface area contributed by atoms with Gasteiger partial charge in [-0.1, -0.05) is 39.8 Å². The Kier molecular flexibility index (Phi) is 4.77. The van der Waals surface area contributed by atoms with Crippen LogP contribution in [0.25, 0.3) is 0 Å². The van der Waals surface area contributed by atoms with Gasteiger partial charge in [0.25, 0.3) is 0 Å². The Balaban J connectivity index is 2.27. The maximum Gasteiger partial charge on any atom is 0.419 e. The molecule has 8 heteroatoms. The Morgan fingerprint density at radius 1 is 1.08 bits per heavy atom. The van der Waals surface area contributed by atoms with Gasteiger partial charge in [-0.3, -0.25) is 0 Å².